The summed E-state index contributed by atoms with van der Waals surface area (Å²) in [6.07, 6.45) is 0. The first-order valence-corrected chi connectivity index (χ1v) is 5.40. The summed E-state index contributed by atoms with van der Waals surface area (Å²) >= 11 is 0. The van der Waals surface area contributed by atoms with Gasteiger partial charge in [0.05, 0.1) is 6.54 Å². The first kappa shape index (κ1) is 12.3. The zero-order chi connectivity index (χ0) is 13.1. The van der Waals surface area contributed by atoms with Crippen LogP contribution in [0.2, 0.25) is 0 Å². The van der Waals surface area contributed by atoms with Crippen LogP contribution < -0.4 is 5.32 Å². The van der Waals surface area contributed by atoms with E-state index in [4.69, 9.17) is 0 Å². The molecule has 0 aliphatic heterocycles. The van der Waals surface area contributed by atoms with Crippen LogP contribution in [-0.4, -0.2) is 10.1 Å². The Bertz CT molecular complexity index is 573. The fraction of sp³-hybridized carbons (Fsp3) is 0.154. The molecule has 0 saturated heterocycles. The van der Waals surface area contributed by atoms with Crippen molar-refractivity contribution in [2.24, 2.45) is 0 Å². The normalized spacial score (nSPS) is 10.4. The number of aromatic nitrogens is 1. The summed E-state index contributed by atoms with van der Waals surface area (Å²) in [6, 6.07) is 6.76. The van der Waals surface area contributed by atoms with Crippen LogP contribution in [0, 0.1) is 18.6 Å². The van der Waals surface area contributed by atoms with E-state index in [1.54, 1.807) is 19.1 Å². The predicted octanol–water partition coefficient (Wildman–Crippen LogP) is 2.99. The highest BCUT2D eigenvalue weighted by Gasteiger charge is 2.05. The van der Waals surface area contributed by atoms with Crippen LogP contribution in [-0.2, 0) is 6.54 Å². The highest BCUT2D eigenvalue weighted by molar-refractivity contribution is 5.44. The van der Waals surface area contributed by atoms with E-state index in [0.717, 1.165) is 17.8 Å². The molecule has 5 heteroatoms. The van der Waals surface area contributed by atoms with Gasteiger partial charge in [0.15, 0.2) is 11.6 Å². The standard InChI is InChI=1S/C13H12F2N2O/c1-8-2-5-13(18)12(17-8)7-16-9-3-4-10(14)11(15)6-9/h2-6,16,18H,7H2,1H3. The first-order valence-electron chi connectivity index (χ1n) is 5.40. The number of anilines is 1. The van der Waals surface area contributed by atoms with Gasteiger partial charge in [-0.2, -0.15) is 0 Å². The summed E-state index contributed by atoms with van der Waals surface area (Å²) in [4.78, 5) is 4.15. The van der Waals surface area contributed by atoms with Crippen LogP contribution in [0.5, 0.6) is 5.75 Å². The Morgan fingerprint density at radius 1 is 1.17 bits per heavy atom. The Labute approximate surface area is 103 Å². The van der Waals surface area contributed by atoms with E-state index in [1.807, 2.05) is 0 Å². The molecule has 1 aromatic carbocycles. The Hall–Kier alpha value is -2.17. The van der Waals surface area contributed by atoms with Gasteiger partial charge in [0, 0.05) is 17.4 Å². The molecule has 2 rings (SSSR count). The van der Waals surface area contributed by atoms with Gasteiger partial charge in [-0.25, -0.2) is 8.78 Å². The number of halogens is 2. The van der Waals surface area contributed by atoms with Gasteiger partial charge in [-0.3, -0.25) is 4.98 Å². The minimum Gasteiger partial charge on any atom is -0.506 e. The van der Waals surface area contributed by atoms with Gasteiger partial charge in [0.2, 0.25) is 0 Å². The van der Waals surface area contributed by atoms with E-state index in [9.17, 15) is 13.9 Å². The van der Waals surface area contributed by atoms with Crippen LogP contribution >= 0.6 is 0 Å². The topological polar surface area (TPSA) is 45.1 Å². The number of aryl methyl sites for hydroxylation is 1. The second-order valence-electron chi connectivity index (χ2n) is 3.90. The summed E-state index contributed by atoms with van der Waals surface area (Å²) in [5, 5.41) is 12.4. The lowest BCUT2D eigenvalue weighted by Gasteiger charge is -2.08. The molecule has 0 aliphatic carbocycles. The predicted molar refractivity (Wildman–Crippen MR) is 64.3 cm³/mol. The maximum atomic E-state index is 13.0. The number of rotatable bonds is 3. The van der Waals surface area contributed by atoms with E-state index < -0.39 is 11.6 Å². The molecular formula is C13H12F2N2O. The molecule has 94 valence electrons. The van der Waals surface area contributed by atoms with Gasteiger partial charge in [0.1, 0.15) is 11.4 Å². The maximum absolute atomic E-state index is 13.0. The van der Waals surface area contributed by atoms with E-state index in [-0.39, 0.29) is 12.3 Å². The lowest BCUT2D eigenvalue weighted by molar-refractivity contribution is 0.464. The van der Waals surface area contributed by atoms with E-state index in [2.05, 4.69) is 10.3 Å². The maximum Gasteiger partial charge on any atom is 0.160 e. The number of hydrogen-bond acceptors (Lipinski definition) is 3. The lowest BCUT2D eigenvalue weighted by atomic mass is 10.2. The average molecular weight is 250 g/mol. The van der Waals surface area contributed by atoms with Crippen molar-refractivity contribution >= 4 is 5.69 Å². The second-order valence-corrected chi connectivity index (χ2v) is 3.90. The molecule has 1 heterocycles. The second kappa shape index (κ2) is 5.00. The number of hydrogen-bond donors (Lipinski definition) is 2. The summed E-state index contributed by atoms with van der Waals surface area (Å²) in [6.45, 7) is 2.04. The SMILES string of the molecule is Cc1ccc(O)c(CNc2ccc(F)c(F)c2)n1. The molecule has 0 unspecified atom stereocenters. The molecular weight excluding hydrogens is 238 g/mol. The largest absolute Gasteiger partial charge is 0.506 e. The fourth-order valence-corrected chi connectivity index (χ4v) is 1.53. The summed E-state index contributed by atoms with van der Waals surface area (Å²) in [7, 11) is 0. The molecule has 0 saturated carbocycles. The number of nitrogens with zero attached hydrogens (tertiary/aromatic N) is 1. The van der Waals surface area contributed by atoms with Gasteiger partial charge >= 0.3 is 0 Å². The molecule has 18 heavy (non-hydrogen) atoms. The molecule has 0 bridgehead atoms. The third kappa shape index (κ3) is 2.74. The van der Waals surface area contributed by atoms with Gasteiger partial charge in [-0.15, -0.1) is 0 Å². The monoisotopic (exact) mass is 250 g/mol. The van der Waals surface area contributed by atoms with E-state index in [0.29, 0.717) is 11.4 Å². The van der Waals surface area contributed by atoms with Crippen molar-refractivity contribution in [2.75, 3.05) is 5.32 Å². The van der Waals surface area contributed by atoms with Gasteiger partial charge in [-0.05, 0) is 31.2 Å². The molecule has 0 aliphatic rings. The first-order chi connectivity index (χ1) is 8.56. The Kier molecular flexibility index (Phi) is 3.41. The van der Waals surface area contributed by atoms with Crippen molar-refractivity contribution in [3.05, 3.63) is 53.4 Å². The molecule has 0 radical (unpaired) electrons. The van der Waals surface area contributed by atoms with Crippen LogP contribution in [0.3, 0.4) is 0 Å². The third-order valence-electron chi connectivity index (χ3n) is 2.47. The Morgan fingerprint density at radius 2 is 1.94 bits per heavy atom. The minimum absolute atomic E-state index is 0.0654. The summed E-state index contributed by atoms with van der Waals surface area (Å²) in [5.41, 5.74) is 1.66. The average Bonchev–Trinajstić information content (AvgIpc) is 2.34. The van der Waals surface area contributed by atoms with Crippen molar-refractivity contribution in [1.29, 1.82) is 0 Å². The molecule has 0 fully saturated rings. The number of nitrogens with one attached hydrogen (secondary N) is 1. The van der Waals surface area contributed by atoms with Gasteiger partial charge in [-0.1, -0.05) is 0 Å². The van der Waals surface area contributed by atoms with Gasteiger partial charge < -0.3 is 10.4 Å². The Balaban J connectivity index is 2.11. The molecule has 0 atom stereocenters. The molecule has 1 aromatic heterocycles. The van der Waals surface area contributed by atoms with Crippen molar-refractivity contribution in [2.45, 2.75) is 13.5 Å². The quantitative estimate of drug-likeness (QED) is 0.880. The van der Waals surface area contributed by atoms with Crippen LogP contribution in [0.1, 0.15) is 11.4 Å². The summed E-state index contributed by atoms with van der Waals surface area (Å²) < 4.78 is 25.7. The van der Waals surface area contributed by atoms with Crippen molar-refractivity contribution in [1.82, 2.24) is 4.98 Å². The zero-order valence-electron chi connectivity index (χ0n) is 9.74. The number of benzene rings is 1. The van der Waals surface area contributed by atoms with Crippen LogP contribution in [0.15, 0.2) is 30.3 Å². The number of pyridine rings is 1. The Morgan fingerprint density at radius 3 is 2.67 bits per heavy atom. The van der Waals surface area contributed by atoms with Crippen LogP contribution in [0.4, 0.5) is 14.5 Å². The van der Waals surface area contributed by atoms with Crippen molar-refractivity contribution in [3.8, 4) is 5.75 Å². The summed E-state index contributed by atoms with van der Waals surface area (Å²) in [5.74, 6) is -1.74. The van der Waals surface area contributed by atoms with E-state index in [1.165, 1.54) is 6.07 Å². The molecule has 2 N–H and O–H groups in total. The molecule has 0 amide bonds. The third-order valence-corrected chi connectivity index (χ3v) is 2.47. The highest BCUT2D eigenvalue weighted by atomic mass is 19.2. The van der Waals surface area contributed by atoms with Crippen molar-refractivity contribution in [3.63, 3.8) is 0 Å². The molecule has 2 aromatic rings. The van der Waals surface area contributed by atoms with E-state index >= 15 is 0 Å². The van der Waals surface area contributed by atoms with Crippen LogP contribution in [0.25, 0.3) is 0 Å². The molecule has 3 nitrogen and oxygen atoms in total. The smallest absolute Gasteiger partial charge is 0.160 e. The van der Waals surface area contributed by atoms with Gasteiger partial charge in [0.25, 0.3) is 0 Å². The highest BCUT2D eigenvalue weighted by Crippen LogP contribution is 2.18. The van der Waals surface area contributed by atoms with Crippen molar-refractivity contribution < 1.29 is 13.9 Å². The fourth-order valence-electron chi connectivity index (χ4n) is 1.53. The zero-order valence-corrected chi connectivity index (χ0v) is 9.74. The number of aromatic hydroxyl groups is 1. The lowest BCUT2D eigenvalue weighted by Crippen LogP contribution is -2.03. The molecule has 0 spiro atoms. The minimum atomic E-state index is -0.915.